The second-order valence-corrected chi connectivity index (χ2v) is 5.65. The number of benzene rings is 1. The van der Waals surface area contributed by atoms with E-state index in [1.165, 1.54) is 11.1 Å². The zero-order valence-corrected chi connectivity index (χ0v) is 11.1. The molecule has 2 fully saturated rings. The molecule has 3 heteroatoms. The first-order valence-electron chi connectivity index (χ1n) is 6.75. The molecule has 96 valence electrons. The predicted octanol–water partition coefficient (Wildman–Crippen LogP) is 1.74. The van der Waals surface area contributed by atoms with Crippen LogP contribution in [0, 0.1) is 19.8 Å². The molecular weight excluding hydrogens is 224 g/mol. The van der Waals surface area contributed by atoms with Gasteiger partial charge in [0.15, 0.2) is 0 Å². The minimum atomic E-state index is 0.206. The van der Waals surface area contributed by atoms with E-state index >= 15 is 0 Å². The molecule has 2 aliphatic heterocycles. The van der Waals surface area contributed by atoms with E-state index < -0.39 is 0 Å². The molecule has 2 aliphatic rings. The van der Waals surface area contributed by atoms with Crippen LogP contribution in [0.1, 0.15) is 27.9 Å². The Balaban J connectivity index is 1.86. The first-order valence-corrected chi connectivity index (χ1v) is 6.75. The summed E-state index contributed by atoms with van der Waals surface area (Å²) >= 11 is 0. The SMILES string of the molecule is Cc1cc(C)cc(C(=O)N2CC[C@H]3CNC[C@H]32)c1. The Kier molecular flexibility index (Phi) is 2.86. The van der Waals surface area contributed by atoms with Crippen LogP contribution in [0.4, 0.5) is 0 Å². The Morgan fingerprint density at radius 3 is 2.67 bits per heavy atom. The molecule has 2 heterocycles. The molecule has 0 aromatic heterocycles. The molecular formula is C15H20N2O. The lowest BCUT2D eigenvalue weighted by molar-refractivity contribution is 0.0737. The topological polar surface area (TPSA) is 32.3 Å². The zero-order valence-electron chi connectivity index (χ0n) is 11.1. The first-order chi connectivity index (χ1) is 8.65. The van der Waals surface area contributed by atoms with E-state index in [9.17, 15) is 4.79 Å². The molecule has 3 rings (SSSR count). The van der Waals surface area contributed by atoms with Crippen molar-refractivity contribution in [1.29, 1.82) is 0 Å². The number of rotatable bonds is 1. The van der Waals surface area contributed by atoms with Crippen LogP contribution in [0.15, 0.2) is 18.2 Å². The van der Waals surface area contributed by atoms with E-state index in [2.05, 4.69) is 16.3 Å². The lowest BCUT2D eigenvalue weighted by atomic mass is 10.0. The molecule has 2 saturated heterocycles. The van der Waals surface area contributed by atoms with Crippen molar-refractivity contribution in [2.45, 2.75) is 26.3 Å². The predicted molar refractivity (Wildman–Crippen MR) is 71.7 cm³/mol. The molecule has 0 bridgehead atoms. The van der Waals surface area contributed by atoms with E-state index in [0.717, 1.165) is 31.6 Å². The number of nitrogens with zero attached hydrogens (tertiary/aromatic N) is 1. The van der Waals surface area contributed by atoms with Gasteiger partial charge in [-0.3, -0.25) is 4.79 Å². The average molecular weight is 244 g/mol. The summed E-state index contributed by atoms with van der Waals surface area (Å²) in [5.41, 5.74) is 3.18. The van der Waals surface area contributed by atoms with Crippen LogP contribution >= 0.6 is 0 Å². The van der Waals surface area contributed by atoms with Crippen LogP contribution in [-0.2, 0) is 0 Å². The molecule has 0 spiro atoms. The van der Waals surface area contributed by atoms with Crippen molar-refractivity contribution in [1.82, 2.24) is 10.2 Å². The molecule has 0 radical (unpaired) electrons. The Morgan fingerprint density at radius 1 is 1.22 bits per heavy atom. The van der Waals surface area contributed by atoms with E-state index in [4.69, 9.17) is 0 Å². The standard InChI is InChI=1S/C15H20N2O/c1-10-5-11(2)7-13(6-10)15(18)17-4-3-12-8-16-9-14(12)17/h5-7,12,14,16H,3-4,8-9H2,1-2H3/t12-,14+/m0/s1. The number of carbonyl (C=O) groups excluding carboxylic acids is 1. The Bertz CT molecular complexity index is 463. The fourth-order valence-electron chi connectivity index (χ4n) is 3.37. The quantitative estimate of drug-likeness (QED) is 0.816. The summed E-state index contributed by atoms with van der Waals surface area (Å²) in [6.07, 6.45) is 1.15. The monoisotopic (exact) mass is 244 g/mol. The van der Waals surface area contributed by atoms with Crippen LogP contribution in [0.3, 0.4) is 0 Å². The molecule has 18 heavy (non-hydrogen) atoms. The average Bonchev–Trinajstić information content (AvgIpc) is 2.88. The van der Waals surface area contributed by atoms with Gasteiger partial charge in [-0.25, -0.2) is 0 Å². The summed E-state index contributed by atoms with van der Waals surface area (Å²) in [4.78, 5) is 14.7. The van der Waals surface area contributed by atoms with Gasteiger partial charge < -0.3 is 10.2 Å². The number of fused-ring (bicyclic) bond motifs is 1. The minimum Gasteiger partial charge on any atom is -0.334 e. The smallest absolute Gasteiger partial charge is 0.254 e. The normalized spacial score (nSPS) is 26.4. The van der Waals surface area contributed by atoms with Gasteiger partial charge in [-0.05, 0) is 38.3 Å². The summed E-state index contributed by atoms with van der Waals surface area (Å²) in [6.45, 7) is 7.05. The van der Waals surface area contributed by atoms with Crippen molar-refractivity contribution in [3.63, 3.8) is 0 Å². The summed E-state index contributed by atoms with van der Waals surface area (Å²) in [5.74, 6) is 0.873. The Hall–Kier alpha value is -1.35. The third-order valence-corrected chi connectivity index (χ3v) is 4.17. The molecule has 3 nitrogen and oxygen atoms in total. The number of likely N-dealkylation sites (tertiary alicyclic amines) is 1. The summed E-state index contributed by atoms with van der Waals surface area (Å²) in [6, 6.07) is 6.54. The van der Waals surface area contributed by atoms with Gasteiger partial charge in [0.25, 0.3) is 5.91 Å². The van der Waals surface area contributed by atoms with Crippen LogP contribution in [0.25, 0.3) is 0 Å². The number of nitrogens with one attached hydrogen (secondary N) is 1. The zero-order chi connectivity index (χ0) is 12.7. The molecule has 1 aromatic carbocycles. The molecule has 2 atom stereocenters. The Labute approximate surface area is 108 Å². The van der Waals surface area contributed by atoms with Crippen molar-refractivity contribution in [2.24, 2.45) is 5.92 Å². The van der Waals surface area contributed by atoms with Gasteiger partial charge in [-0.2, -0.15) is 0 Å². The van der Waals surface area contributed by atoms with Crippen LogP contribution in [0.2, 0.25) is 0 Å². The second-order valence-electron chi connectivity index (χ2n) is 5.65. The largest absolute Gasteiger partial charge is 0.334 e. The third kappa shape index (κ3) is 1.93. The van der Waals surface area contributed by atoms with E-state index in [1.807, 2.05) is 26.0 Å². The highest BCUT2D eigenvalue weighted by atomic mass is 16.2. The fourth-order valence-corrected chi connectivity index (χ4v) is 3.37. The summed E-state index contributed by atoms with van der Waals surface area (Å²) < 4.78 is 0. The highest BCUT2D eigenvalue weighted by Gasteiger charge is 2.40. The van der Waals surface area contributed by atoms with Crippen molar-refractivity contribution in [3.05, 3.63) is 34.9 Å². The van der Waals surface area contributed by atoms with E-state index in [0.29, 0.717) is 12.0 Å². The highest BCUT2D eigenvalue weighted by molar-refractivity contribution is 5.95. The maximum Gasteiger partial charge on any atom is 0.254 e. The molecule has 1 aromatic rings. The lowest BCUT2D eigenvalue weighted by Crippen LogP contribution is -2.39. The maximum atomic E-state index is 12.6. The van der Waals surface area contributed by atoms with Crippen molar-refractivity contribution < 1.29 is 4.79 Å². The van der Waals surface area contributed by atoms with Gasteiger partial charge in [0.1, 0.15) is 0 Å². The van der Waals surface area contributed by atoms with Gasteiger partial charge in [-0.15, -0.1) is 0 Å². The van der Waals surface area contributed by atoms with Gasteiger partial charge >= 0.3 is 0 Å². The van der Waals surface area contributed by atoms with E-state index in [-0.39, 0.29) is 5.91 Å². The van der Waals surface area contributed by atoms with Gasteiger partial charge in [0.2, 0.25) is 0 Å². The molecule has 1 amide bonds. The lowest BCUT2D eigenvalue weighted by Gasteiger charge is -2.23. The van der Waals surface area contributed by atoms with Crippen molar-refractivity contribution in [2.75, 3.05) is 19.6 Å². The number of hydrogen-bond acceptors (Lipinski definition) is 2. The van der Waals surface area contributed by atoms with E-state index in [1.54, 1.807) is 0 Å². The van der Waals surface area contributed by atoms with Crippen molar-refractivity contribution in [3.8, 4) is 0 Å². The third-order valence-electron chi connectivity index (χ3n) is 4.17. The maximum absolute atomic E-state index is 12.6. The number of hydrogen-bond donors (Lipinski definition) is 1. The van der Waals surface area contributed by atoms with Gasteiger partial charge in [-0.1, -0.05) is 17.2 Å². The molecule has 0 unspecified atom stereocenters. The second kappa shape index (κ2) is 4.39. The molecule has 0 saturated carbocycles. The van der Waals surface area contributed by atoms with Gasteiger partial charge in [0.05, 0.1) is 0 Å². The number of amides is 1. The number of aryl methyl sites for hydroxylation is 2. The Morgan fingerprint density at radius 2 is 1.94 bits per heavy atom. The fraction of sp³-hybridized carbons (Fsp3) is 0.533. The summed E-state index contributed by atoms with van der Waals surface area (Å²) in [7, 11) is 0. The van der Waals surface area contributed by atoms with Crippen LogP contribution in [0.5, 0.6) is 0 Å². The highest BCUT2D eigenvalue weighted by Crippen LogP contribution is 2.28. The minimum absolute atomic E-state index is 0.206. The first kappa shape index (κ1) is 11.7. The summed E-state index contributed by atoms with van der Waals surface area (Å²) in [5, 5.41) is 3.39. The molecule has 0 aliphatic carbocycles. The van der Waals surface area contributed by atoms with Crippen LogP contribution < -0.4 is 5.32 Å². The van der Waals surface area contributed by atoms with Crippen LogP contribution in [-0.4, -0.2) is 36.5 Å². The van der Waals surface area contributed by atoms with Crippen molar-refractivity contribution >= 4 is 5.91 Å². The van der Waals surface area contributed by atoms with Gasteiger partial charge in [0, 0.05) is 31.2 Å². The molecule has 1 N–H and O–H groups in total. The number of carbonyl (C=O) groups is 1.